The van der Waals surface area contributed by atoms with Crippen molar-refractivity contribution >= 4 is 22.8 Å². The van der Waals surface area contributed by atoms with Crippen LogP contribution in [0.25, 0.3) is 16.8 Å². The lowest BCUT2D eigenvalue weighted by atomic mass is 10.0. The Morgan fingerprint density at radius 3 is 2.90 bits per heavy atom. The molecule has 0 amide bonds. The van der Waals surface area contributed by atoms with E-state index in [9.17, 15) is 4.79 Å². The van der Waals surface area contributed by atoms with E-state index in [4.69, 9.17) is 14.6 Å². The fraction of sp³-hybridized carbons (Fsp3) is 0.235. The molecule has 1 atom stereocenters. The molecule has 1 aliphatic rings. The first kappa shape index (κ1) is 13.6. The van der Waals surface area contributed by atoms with E-state index in [0.29, 0.717) is 19.0 Å². The minimum absolute atomic E-state index is 0.0307. The average Bonchev–Trinajstić information content (AvgIpc) is 2.98. The van der Waals surface area contributed by atoms with Crippen molar-refractivity contribution in [2.75, 3.05) is 13.2 Å². The van der Waals surface area contributed by atoms with Gasteiger partial charge in [0.25, 0.3) is 0 Å². The maximum absolute atomic E-state index is 10.8. The number of rotatable bonds is 4. The zero-order valence-corrected chi connectivity index (χ0v) is 11.5. The summed E-state index contributed by atoms with van der Waals surface area (Å²) < 4.78 is 11.3. The number of carboxylic acid groups (broad SMARTS) is 1. The van der Waals surface area contributed by atoms with Gasteiger partial charge in [0.2, 0.25) is 0 Å². The molecule has 2 aromatic rings. The third kappa shape index (κ3) is 3.06. The number of hydrogen-bond donors (Lipinski definition) is 1. The Bertz CT molecular complexity index is 684. The molecule has 0 aliphatic carbocycles. The van der Waals surface area contributed by atoms with Crippen molar-refractivity contribution in [1.82, 2.24) is 0 Å². The lowest BCUT2D eigenvalue weighted by molar-refractivity contribution is -0.131. The standard InChI is InChI=1S/C17H16O4/c18-17(19)8-6-15-14-4-2-1-3-12(14)5-7-16(15)21-13-9-10-20-11-13/h1-8,13H,9-11H2,(H,18,19). The van der Waals surface area contributed by atoms with Crippen LogP contribution in [0.2, 0.25) is 0 Å². The molecular weight excluding hydrogens is 268 g/mol. The van der Waals surface area contributed by atoms with Crippen molar-refractivity contribution in [1.29, 1.82) is 0 Å². The molecule has 108 valence electrons. The molecule has 1 fully saturated rings. The Labute approximate surface area is 122 Å². The van der Waals surface area contributed by atoms with Gasteiger partial charge in [-0.15, -0.1) is 0 Å². The average molecular weight is 284 g/mol. The Morgan fingerprint density at radius 2 is 2.14 bits per heavy atom. The van der Waals surface area contributed by atoms with Crippen molar-refractivity contribution < 1.29 is 19.4 Å². The summed E-state index contributed by atoms with van der Waals surface area (Å²) >= 11 is 0. The number of benzene rings is 2. The topological polar surface area (TPSA) is 55.8 Å². The molecule has 1 unspecified atom stereocenters. The first-order valence-electron chi connectivity index (χ1n) is 6.91. The second-order valence-electron chi connectivity index (χ2n) is 4.97. The molecule has 0 spiro atoms. The van der Waals surface area contributed by atoms with Crippen molar-refractivity contribution in [3.63, 3.8) is 0 Å². The van der Waals surface area contributed by atoms with Crippen LogP contribution in [-0.2, 0) is 9.53 Å². The van der Waals surface area contributed by atoms with Crippen LogP contribution in [-0.4, -0.2) is 30.4 Å². The molecule has 0 radical (unpaired) electrons. The number of carbonyl (C=O) groups is 1. The summed E-state index contributed by atoms with van der Waals surface area (Å²) in [6.07, 6.45) is 3.62. The van der Waals surface area contributed by atoms with Crippen LogP contribution in [0.3, 0.4) is 0 Å². The van der Waals surface area contributed by atoms with Gasteiger partial charge < -0.3 is 14.6 Å². The third-order valence-electron chi connectivity index (χ3n) is 3.50. The number of fused-ring (bicyclic) bond motifs is 1. The van der Waals surface area contributed by atoms with Crippen molar-refractivity contribution in [3.05, 3.63) is 48.0 Å². The smallest absolute Gasteiger partial charge is 0.328 e. The van der Waals surface area contributed by atoms with Gasteiger partial charge >= 0.3 is 5.97 Å². The SMILES string of the molecule is O=C(O)C=Cc1c(OC2CCOC2)ccc2ccccc12. The van der Waals surface area contributed by atoms with Crippen LogP contribution < -0.4 is 4.74 Å². The van der Waals surface area contributed by atoms with Crippen LogP contribution in [0.5, 0.6) is 5.75 Å². The molecule has 1 heterocycles. The molecule has 1 N–H and O–H groups in total. The zero-order valence-electron chi connectivity index (χ0n) is 11.5. The van der Waals surface area contributed by atoms with Gasteiger partial charge in [-0.2, -0.15) is 0 Å². The fourth-order valence-corrected chi connectivity index (χ4v) is 2.49. The van der Waals surface area contributed by atoms with Crippen LogP contribution in [0.4, 0.5) is 0 Å². The normalized spacial score (nSPS) is 18.4. The molecule has 3 rings (SSSR count). The maximum atomic E-state index is 10.8. The van der Waals surface area contributed by atoms with Gasteiger partial charge in [0.05, 0.1) is 13.2 Å². The summed E-state index contributed by atoms with van der Waals surface area (Å²) in [5, 5.41) is 10.9. The van der Waals surface area contributed by atoms with Gasteiger partial charge in [-0.05, 0) is 22.9 Å². The predicted octanol–water partition coefficient (Wildman–Crippen LogP) is 3.11. The highest BCUT2D eigenvalue weighted by Crippen LogP contribution is 2.31. The van der Waals surface area contributed by atoms with Gasteiger partial charge in [-0.1, -0.05) is 30.3 Å². The van der Waals surface area contributed by atoms with Crippen molar-refractivity contribution in [3.8, 4) is 5.75 Å². The first-order valence-corrected chi connectivity index (χ1v) is 6.91. The minimum atomic E-state index is -0.974. The Hall–Kier alpha value is -2.33. The summed E-state index contributed by atoms with van der Waals surface area (Å²) in [7, 11) is 0. The third-order valence-corrected chi connectivity index (χ3v) is 3.50. The Kier molecular flexibility index (Phi) is 3.88. The van der Waals surface area contributed by atoms with E-state index < -0.39 is 5.97 Å². The highest BCUT2D eigenvalue weighted by atomic mass is 16.5. The number of carboxylic acids is 1. The number of ether oxygens (including phenoxy) is 2. The van der Waals surface area contributed by atoms with Gasteiger partial charge in [-0.3, -0.25) is 0 Å². The van der Waals surface area contributed by atoms with Gasteiger partial charge in [0.15, 0.2) is 0 Å². The molecule has 1 saturated heterocycles. The van der Waals surface area contributed by atoms with Crippen LogP contribution in [0, 0.1) is 0 Å². The quantitative estimate of drug-likeness (QED) is 0.876. The highest BCUT2D eigenvalue weighted by Gasteiger charge is 2.18. The molecular formula is C17H16O4. The predicted molar refractivity (Wildman–Crippen MR) is 80.5 cm³/mol. The molecule has 0 aromatic heterocycles. The lowest BCUT2D eigenvalue weighted by Gasteiger charge is -2.15. The molecule has 21 heavy (non-hydrogen) atoms. The van der Waals surface area contributed by atoms with E-state index in [0.717, 1.165) is 28.8 Å². The second kappa shape index (κ2) is 5.97. The molecule has 2 aromatic carbocycles. The lowest BCUT2D eigenvalue weighted by Crippen LogP contribution is -2.16. The van der Waals surface area contributed by atoms with Gasteiger partial charge in [0, 0.05) is 18.1 Å². The summed E-state index contributed by atoms with van der Waals surface area (Å²) in [5.74, 6) is -0.278. The van der Waals surface area contributed by atoms with Gasteiger partial charge in [0.1, 0.15) is 11.9 Å². The van der Waals surface area contributed by atoms with E-state index in [1.54, 1.807) is 6.08 Å². The summed E-state index contributed by atoms with van der Waals surface area (Å²) in [6.45, 7) is 1.29. The maximum Gasteiger partial charge on any atom is 0.328 e. The molecule has 0 bridgehead atoms. The van der Waals surface area contributed by atoms with Crippen LogP contribution >= 0.6 is 0 Å². The number of hydrogen-bond acceptors (Lipinski definition) is 3. The van der Waals surface area contributed by atoms with E-state index in [2.05, 4.69) is 0 Å². The molecule has 4 heteroatoms. The summed E-state index contributed by atoms with van der Waals surface area (Å²) in [4.78, 5) is 10.8. The fourth-order valence-electron chi connectivity index (χ4n) is 2.49. The Balaban J connectivity index is 2.04. The van der Waals surface area contributed by atoms with E-state index in [1.165, 1.54) is 0 Å². The van der Waals surface area contributed by atoms with Gasteiger partial charge in [-0.25, -0.2) is 4.79 Å². The monoisotopic (exact) mass is 284 g/mol. The second-order valence-corrected chi connectivity index (χ2v) is 4.97. The largest absolute Gasteiger partial charge is 0.487 e. The van der Waals surface area contributed by atoms with E-state index in [1.807, 2.05) is 36.4 Å². The summed E-state index contributed by atoms with van der Waals surface area (Å²) in [5.41, 5.74) is 0.794. The highest BCUT2D eigenvalue weighted by molar-refractivity contribution is 5.96. The summed E-state index contributed by atoms with van der Waals surface area (Å²) in [6, 6.07) is 11.7. The van der Waals surface area contributed by atoms with E-state index in [-0.39, 0.29) is 6.10 Å². The molecule has 4 nitrogen and oxygen atoms in total. The van der Waals surface area contributed by atoms with Crippen LogP contribution in [0.15, 0.2) is 42.5 Å². The van der Waals surface area contributed by atoms with Crippen molar-refractivity contribution in [2.24, 2.45) is 0 Å². The Morgan fingerprint density at radius 1 is 1.29 bits per heavy atom. The number of aliphatic carboxylic acids is 1. The molecule has 0 saturated carbocycles. The first-order chi connectivity index (χ1) is 10.2. The zero-order chi connectivity index (χ0) is 14.7. The minimum Gasteiger partial charge on any atom is -0.487 e. The molecule has 1 aliphatic heterocycles. The van der Waals surface area contributed by atoms with Crippen molar-refractivity contribution in [2.45, 2.75) is 12.5 Å². The van der Waals surface area contributed by atoms with E-state index >= 15 is 0 Å². The van der Waals surface area contributed by atoms with Crippen LogP contribution in [0.1, 0.15) is 12.0 Å².